The van der Waals surface area contributed by atoms with Crippen LogP contribution in [-0.4, -0.2) is 110 Å². The number of carbonyl (C=O) groups excluding carboxylic acids is 1. The Kier molecular flexibility index (Phi) is 7.81. The van der Waals surface area contributed by atoms with Crippen molar-refractivity contribution < 1.29 is 9.53 Å². The molecule has 176 valence electrons. The van der Waals surface area contributed by atoms with Crippen molar-refractivity contribution in [3.63, 3.8) is 0 Å². The summed E-state index contributed by atoms with van der Waals surface area (Å²) in [6, 6.07) is 4.07. The number of likely N-dealkylation sites (tertiary alicyclic amines) is 1. The summed E-state index contributed by atoms with van der Waals surface area (Å²) in [7, 11) is 1.83. The highest BCUT2D eigenvalue weighted by Gasteiger charge is 2.30. The molecule has 3 aliphatic rings. The zero-order chi connectivity index (χ0) is 22.3. The van der Waals surface area contributed by atoms with Crippen LogP contribution in [0.3, 0.4) is 0 Å². The number of hydrogen-bond acceptors (Lipinski definition) is 6. The quantitative estimate of drug-likeness (QED) is 0.528. The molecule has 9 nitrogen and oxygen atoms in total. The van der Waals surface area contributed by atoms with E-state index in [-0.39, 0.29) is 11.9 Å². The molecule has 4 rings (SSSR count). The topological polar surface area (TPSA) is 76.5 Å². The molecule has 1 N–H and O–H groups in total. The highest BCUT2D eigenvalue weighted by atomic mass is 16.5. The molecule has 0 aliphatic carbocycles. The lowest BCUT2D eigenvalue weighted by Crippen LogP contribution is -2.57. The molecule has 4 heterocycles. The van der Waals surface area contributed by atoms with Crippen molar-refractivity contribution in [3.05, 3.63) is 23.9 Å². The highest BCUT2D eigenvalue weighted by molar-refractivity contribution is 5.82. The van der Waals surface area contributed by atoms with Gasteiger partial charge in [-0.25, -0.2) is 4.98 Å². The lowest BCUT2D eigenvalue weighted by atomic mass is 10.2. The smallest absolute Gasteiger partial charge is 0.239 e. The standard InChI is InChI=1S/C23H37N7O2/c1-19(22(31)29-8-3-4-9-29)27-10-12-30(13-11-27)23(24-2)26-18-20-6-5-7-25-21(20)28-14-16-32-17-15-28/h5-7,19H,3-4,8-18H2,1-2H3,(H,24,26). The molecule has 3 saturated heterocycles. The van der Waals surface area contributed by atoms with E-state index in [4.69, 9.17) is 4.74 Å². The number of morpholine rings is 1. The maximum absolute atomic E-state index is 12.8. The number of pyridine rings is 1. The van der Waals surface area contributed by atoms with Crippen molar-refractivity contribution >= 4 is 17.7 Å². The number of anilines is 1. The summed E-state index contributed by atoms with van der Waals surface area (Å²) in [5.74, 6) is 2.21. The van der Waals surface area contributed by atoms with E-state index < -0.39 is 0 Å². The Morgan fingerprint density at radius 2 is 1.81 bits per heavy atom. The molecule has 9 heteroatoms. The van der Waals surface area contributed by atoms with E-state index in [1.807, 2.05) is 24.2 Å². The zero-order valence-electron chi connectivity index (χ0n) is 19.5. The van der Waals surface area contributed by atoms with Crippen LogP contribution in [0.4, 0.5) is 5.82 Å². The summed E-state index contributed by atoms with van der Waals surface area (Å²) in [5, 5.41) is 3.53. The van der Waals surface area contributed by atoms with Gasteiger partial charge in [0.15, 0.2) is 5.96 Å². The fourth-order valence-electron chi connectivity index (χ4n) is 4.81. The SMILES string of the molecule is CN=C(NCc1cccnc1N1CCOCC1)N1CCN(C(C)C(=O)N2CCCC2)CC1. The minimum Gasteiger partial charge on any atom is -0.378 e. The molecule has 0 spiro atoms. The van der Waals surface area contributed by atoms with Gasteiger partial charge >= 0.3 is 0 Å². The van der Waals surface area contributed by atoms with Crippen LogP contribution in [-0.2, 0) is 16.1 Å². The number of hydrogen-bond donors (Lipinski definition) is 1. The summed E-state index contributed by atoms with van der Waals surface area (Å²) in [4.78, 5) is 30.8. The zero-order valence-corrected chi connectivity index (χ0v) is 19.5. The Morgan fingerprint density at radius 3 is 2.50 bits per heavy atom. The normalized spacial score (nSPS) is 21.7. The number of piperazine rings is 1. The van der Waals surface area contributed by atoms with E-state index in [0.29, 0.717) is 6.54 Å². The number of rotatable bonds is 5. The predicted octanol–water partition coefficient (Wildman–Crippen LogP) is 0.622. The second-order valence-electron chi connectivity index (χ2n) is 8.72. The second-order valence-corrected chi connectivity index (χ2v) is 8.72. The monoisotopic (exact) mass is 443 g/mol. The van der Waals surface area contributed by atoms with Gasteiger partial charge in [0, 0.05) is 77.7 Å². The first kappa shape index (κ1) is 22.8. The number of guanidine groups is 1. The first-order valence-corrected chi connectivity index (χ1v) is 11.9. The van der Waals surface area contributed by atoms with Gasteiger partial charge in [-0.15, -0.1) is 0 Å². The molecule has 0 radical (unpaired) electrons. The largest absolute Gasteiger partial charge is 0.378 e. The molecular weight excluding hydrogens is 406 g/mol. The Balaban J connectivity index is 1.30. The van der Waals surface area contributed by atoms with Crippen LogP contribution in [0.25, 0.3) is 0 Å². The molecule has 0 bridgehead atoms. The van der Waals surface area contributed by atoms with Crippen molar-refractivity contribution in [3.8, 4) is 0 Å². The molecule has 0 aromatic carbocycles. The Hall–Kier alpha value is -2.39. The predicted molar refractivity (Wildman–Crippen MR) is 126 cm³/mol. The first-order valence-electron chi connectivity index (χ1n) is 11.9. The summed E-state index contributed by atoms with van der Waals surface area (Å²) >= 11 is 0. The van der Waals surface area contributed by atoms with Crippen LogP contribution in [0.2, 0.25) is 0 Å². The van der Waals surface area contributed by atoms with Crippen LogP contribution in [0, 0.1) is 0 Å². The summed E-state index contributed by atoms with van der Waals surface area (Å²) in [6.07, 6.45) is 4.13. The van der Waals surface area contributed by atoms with Gasteiger partial charge in [-0.1, -0.05) is 6.07 Å². The third-order valence-corrected chi connectivity index (χ3v) is 6.76. The molecule has 1 aromatic heterocycles. The first-order chi connectivity index (χ1) is 15.7. The molecule has 1 unspecified atom stereocenters. The maximum atomic E-state index is 12.8. The van der Waals surface area contributed by atoms with Crippen molar-refractivity contribution in [2.45, 2.75) is 32.4 Å². The van der Waals surface area contributed by atoms with Gasteiger partial charge in [0.25, 0.3) is 0 Å². The Labute approximate surface area is 191 Å². The third-order valence-electron chi connectivity index (χ3n) is 6.76. The molecule has 0 saturated carbocycles. The van der Waals surface area contributed by atoms with Gasteiger partial charge in [0.1, 0.15) is 5.82 Å². The van der Waals surface area contributed by atoms with Gasteiger partial charge in [-0.2, -0.15) is 0 Å². The van der Waals surface area contributed by atoms with Gasteiger partial charge in [0.05, 0.1) is 19.3 Å². The van der Waals surface area contributed by atoms with Crippen LogP contribution < -0.4 is 10.2 Å². The number of nitrogens with zero attached hydrogens (tertiary/aromatic N) is 6. The highest BCUT2D eigenvalue weighted by Crippen LogP contribution is 2.19. The van der Waals surface area contributed by atoms with Crippen molar-refractivity contribution in [2.75, 3.05) is 77.5 Å². The molecule has 1 atom stereocenters. The van der Waals surface area contributed by atoms with Gasteiger partial charge in [-0.3, -0.25) is 14.7 Å². The van der Waals surface area contributed by atoms with Crippen LogP contribution in [0.1, 0.15) is 25.3 Å². The molecule has 3 aliphatic heterocycles. The molecule has 1 aromatic rings. The lowest BCUT2D eigenvalue weighted by Gasteiger charge is -2.39. The minimum atomic E-state index is -0.0447. The van der Waals surface area contributed by atoms with Gasteiger partial charge < -0.3 is 24.8 Å². The van der Waals surface area contributed by atoms with E-state index in [9.17, 15) is 4.79 Å². The minimum absolute atomic E-state index is 0.0447. The van der Waals surface area contributed by atoms with Crippen molar-refractivity contribution in [1.82, 2.24) is 25.0 Å². The average molecular weight is 444 g/mol. The van der Waals surface area contributed by atoms with Crippen molar-refractivity contribution in [2.24, 2.45) is 4.99 Å². The number of aliphatic imine (C=N–C) groups is 1. The number of nitrogens with one attached hydrogen (secondary N) is 1. The van der Waals surface area contributed by atoms with E-state index in [1.54, 1.807) is 0 Å². The number of ether oxygens (including phenoxy) is 1. The van der Waals surface area contributed by atoms with E-state index in [2.05, 4.69) is 43.0 Å². The third kappa shape index (κ3) is 5.32. The number of amides is 1. The molecule has 3 fully saturated rings. The summed E-state index contributed by atoms with van der Waals surface area (Å²) < 4.78 is 5.49. The van der Waals surface area contributed by atoms with E-state index in [0.717, 1.165) is 90.2 Å². The number of carbonyl (C=O) groups is 1. The van der Waals surface area contributed by atoms with E-state index in [1.165, 1.54) is 5.56 Å². The van der Waals surface area contributed by atoms with Gasteiger partial charge in [0.2, 0.25) is 5.91 Å². The average Bonchev–Trinajstić information content (AvgIpc) is 3.40. The Bertz CT molecular complexity index is 782. The molecular formula is C23H37N7O2. The van der Waals surface area contributed by atoms with Crippen LogP contribution in [0.15, 0.2) is 23.3 Å². The van der Waals surface area contributed by atoms with Crippen molar-refractivity contribution in [1.29, 1.82) is 0 Å². The Morgan fingerprint density at radius 1 is 1.09 bits per heavy atom. The van der Waals surface area contributed by atoms with E-state index >= 15 is 0 Å². The lowest BCUT2D eigenvalue weighted by molar-refractivity contribution is -0.135. The van der Waals surface area contributed by atoms with Crippen LogP contribution in [0.5, 0.6) is 0 Å². The van der Waals surface area contributed by atoms with Crippen LogP contribution >= 0.6 is 0 Å². The summed E-state index contributed by atoms with van der Waals surface area (Å²) in [5.41, 5.74) is 1.17. The molecule has 1 amide bonds. The van der Waals surface area contributed by atoms with Gasteiger partial charge in [-0.05, 0) is 25.8 Å². The molecule has 32 heavy (non-hydrogen) atoms. The number of aromatic nitrogens is 1. The summed E-state index contributed by atoms with van der Waals surface area (Å²) in [6.45, 7) is 11.3. The maximum Gasteiger partial charge on any atom is 0.239 e. The fraction of sp³-hybridized carbons (Fsp3) is 0.696. The fourth-order valence-corrected chi connectivity index (χ4v) is 4.81. The second kappa shape index (κ2) is 11.0.